The van der Waals surface area contributed by atoms with Crippen LogP contribution < -0.4 is 4.72 Å². The minimum Gasteiger partial charge on any atom is -0.254 e. The van der Waals surface area contributed by atoms with Crippen LogP contribution in [0.15, 0.2) is 20.1 Å². The molecule has 0 saturated carbocycles. The fraction of sp³-hybridized carbons (Fsp3) is 0.222. The summed E-state index contributed by atoms with van der Waals surface area (Å²) in [5.74, 6) is 0. The summed E-state index contributed by atoms with van der Waals surface area (Å²) in [6.07, 6.45) is 0. The summed E-state index contributed by atoms with van der Waals surface area (Å²) < 4.78 is 27.5. The molecule has 0 amide bonds. The number of hydrogen-bond donors (Lipinski definition) is 1. The monoisotopic (exact) mass is 352 g/mol. The molecule has 0 spiro atoms. The number of halogens is 1. The summed E-state index contributed by atoms with van der Waals surface area (Å²) in [6, 6.07) is 1.57. The van der Waals surface area contributed by atoms with Crippen molar-refractivity contribution in [3.05, 3.63) is 26.5 Å². The molecule has 0 aliphatic heterocycles. The van der Waals surface area contributed by atoms with Crippen molar-refractivity contribution in [2.24, 2.45) is 0 Å². The Morgan fingerprint density at radius 1 is 1.41 bits per heavy atom. The standard InChI is InChI=1S/C9H9BrN2O2S3/c1-5-6(2)16-9(11-5)12-17(13,14)8-3-7(10)4-15-8/h3-4H,1-2H3,(H,11,12). The van der Waals surface area contributed by atoms with Crippen molar-refractivity contribution in [2.45, 2.75) is 18.1 Å². The number of rotatable bonds is 3. The van der Waals surface area contributed by atoms with Crippen LogP contribution in [-0.4, -0.2) is 13.4 Å². The van der Waals surface area contributed by atoms with E-state index in [0.29, 0.717) is 5.13 Å². The Kier molecular flexibility index (Phi) is 3.58. The Hall–Kier alpha value is -0.440. The molecule has 2 aromatic heterocycles. The van der Waals surface area contributed by atoms with Gasteiger partial charge in [-0.1, -0.05) is 0 Å². The quantitative estimate of drug-likeness (QED) is 0.920. The first kappa shape index (κ1) is 13.0. The van der Waals surface area contributed by atoms with Crippen LogP contribution in [-0.2, 0) is 10.0 Å². The molecule has 2 heterocycles. The molecular formula is C9H9BrN2O2S3. The molecule has 0 saturated heterocycles. The molecule has 1 N–H and O–H groups in total. The van der Waals surface area contributed by atoms with E-state index < -0.39 is 10.0 Å². The van der Waals surface area contributed by atoms with Crippen molar-refractivity contribution in [2.75, 3.05) is 4.72 Å². The number of hydrogen-bond acceptors (Lipinski definition) is 5. The first-order chi connectivity index (χ1) is 7.88. The third-order valence-electron chi connectivity index (χ3n) is 2.06. The highest BCUT2D eigenvalue weighted by Crippen LogP contribution is 2.28. The maximum absolute atomic E-state index is 12.0. The van der Waals surface area contributed by atoms with Crippen molar-refractivity contribution < 1.29 is 8.42 Å². The maximum atomic E-state index is 12.0. The van der Waals surface area contributed by atoms with Gasteiger partial charge in [0.15, 0.2) is 5.13 Å². The molecular weight excluding hydrogens is 344 g/mol. The van der Waals surface area contributed by atoms with E-state index in [1.165, 1.54) is 22.7 Å². The lowest BCUT2D eigenvalue weighted by molar-refractivity contribution is 0.603. The van der Waals surface area contributed by atoms with E-state index in [4.69, 9.17) is 0 Å². The van der Waals surface area contributed by atoms with Gasteiger partial charge in [-0.25, -0.2) is 13.4 Å². The van der Waals surface area contributed by atoms with Gasteiger partial charge < -0.3 is 0 Å². The van der Waals surface area contributed by atoms with Gasteiger partial charge in [0.1, 0.15) is 4.21 Å². The maximum Gasteiger partial charge on any atom is 0.273 e. The molecule has 2 aromatic rings. The van der Waals surface area contributed by atoms with Crippen molar-refractivity contribution in [3.63, 3.8) is 0 Å². The van der Waals surface area contributed by atoms with Crippen LogP contribution >= 0.6 is 38.6 Å². The van der Waals surface area contributed by atoms with Crippen molar-refractivity contribution in [1.29, 1.82) is 0 Å². The number of thiophene rings is 1. The van der Waals surface area contributed by atoms with Crippen LogP contribution in [0.3, 0.4) is 0 Å². The summed E-state index contributed by atoms with van der Waals surface area (Å²) in [4.78, 5) is 5.16. The van der Waals surface area contributed by atoms with Gasteiger partial charge in [0, 0.05) is 14.7 Å². The molecule has 0 atom stereocenters. The van der Waals surface area contributed by atoms with Gasteiger partial charge in [-0.05, 0) is 35.8 Å². The summed E-state index contributed by atoms with van der Waals surface area (Å²) >= 11 is 5.73. The van der Waals surface area contributed by atoms with Crippen molar-refractivity contribution in [1.82, 2.24) is 4.98 Å². The molecule has 0 aliphatic carbocycles. The van der Waals surface area contributed by atoms with Gasteiger partial charge >= 0.3 is 0 Å². The first-order valence-corrected chi connectivity index (χ1v) is 8.56. The van der Waals surface area contributed by atoms with E-state index in [2.05, 4.69) is 25.6 Å². The highest BCUT2D eigenvalue weighted by molar-refractivity contribution is 9.10. The van der Waals surface area contributed by atoms with E-state index in [0.717, 1.165) is 15.0 Å². The number of thiazole rings is 1. The molecule has 8 heteroatoms. The zero-order valence-corrected chi connectivity index (χ0v) is 13.1. The van der Waals surface area contributed by atoms with Crippen LogP contribution in [0.5, 0.6) is 0 Å². The Bertz CT molecular complexity index is 626. The summed E-state index contributed by atoms with van der Waals surface area (Å²) in [6.45, 7) is 3.76. The fourth-order valence-corrected chi connectivity index (χ4v) is 5.02. The van der Waals surface area contributed by atoms with Gasteiger partial charge in [0.2, 0.25) is 0 Å². The van der Waals surface area contributed by atoms with Gasteiger partial charge in [-0.3, -0.25) is 4.72 Å². The average Bonchev–Trinajstić information content (AvgIpc) is 2.75. The van der Waals surface area contributed by atoms with E-state index >= 15 is 0 Å². The Labute approximate surface area is 116 Å². The van der Waals surface area contributed by atoms with Gasteiger partial charge in [-0.2, -0.15) is 0 Å². The topological polar surface area (TPSA) is 59.1 Å². The molecule has 0 unspecified atom stereocenters. The lowest BCUT2D eigenvalue weighted by Crippen LogP contribution is -2.11. The van der Waals surface area contributed by atoms with E-state index in [1.807, 2.05) is 13.8 Å². The molecule has 92 valence electrons. The number of nitrogens with one attached hydrogen (secondary N) is 1. The third-order valence-corrected chi connectivity index (χ3v) is 6.72. The van der Waals surface area contributed by atoms with Crippen LogP contribution in [0.2, 0.25) is 0 Å². The summed E-state index contributed by atoms with van der Waals surface area (Å²) in [5.41, 5.74) is 0.847. The number of aryl methyl sites for hydroxylation is 2. The molecule has 4 nitrogen and oxygen atoms in total. The molecule has 0 aliphatic rings. The Morgan fingerprint density at radius 3 is 2.59 bits per heavy atom. The highest BCUT2D eigenvalue weighted by atomic mass is 79.9. The van der Waals surface area contributed by atoms with Gasteiger partial charge in [0.05, 0.1) is 5.69 Å². The Morgan fingerprint density at radius 2 is 2.12 bits per heavy atom. The van der Waals surface area contributed by atoms with E-state index in [1.54, 1.807) is 11.4 Å². The largest absolute Gasteiger partial charge is 0.273 e. The normalized spacial score (nSPS) is 11.7. The molecule has 0 radical (unpaired) electrons. The van der Waals surface area contributed by atoms with Crippen LogP contribution in [0.25, 0.3) is 0 Å². The molecule has 2 rings (SSSR count). The zero-order valence-electron chi connectivity index (χ0n) is 9.02. The summed E-state index contributed by atoms with van der Waals surface area (Å²) in [7, 11) is -3.51. The third kappa shape index (κ3) is 2.87. The number of sulfonamides is 1. The van der Waals surface area contributed by atoms with Crippen molar-refractivity contribution >= 4 is 53.8 Å². The lowest BCUT2D eigenvalue weighted by Gasteiger charge is -2.01. The average molecular weight is 353 g/mol. The second-order valence-corrected chi connectivity index (χ2v) is 8.29. The number of nitrogens with zero attached hydrogens (tertiary/aromatic N) is 1. The van der Waals surface area contributed by atoms with E-state index in [9.17, 15) is 8.42 Å². The molecule has 17 heavy (non-hydrogen) atoms. The predicted molar refractivity (Wildman–Crippen MR) is 74.4 cm³/mol. The minimum absolute atomic E-state index is 0.273. The minimum atomic E-state index is -3.51. The lowest BCUT2D eigenvalue weighted by atomic mass is 10.4. The van der Waals surface area contributed by atoms with Crippen LogP contribution in [0, 0.1) is 13.8 Å². The molecule has 0 fully saturated rings. The van der Waals surface area contributed by atoms with Crippen LogP contribution in [0.1, 0.15) is 10.6 Å². The molecule has 0 bridgehead atoms. The highest BCUT2D eigenvalue weighted by Gasteiger charge is 2.18. The predicted octanol–water partition coefficient (Wildman–Crippen LogP) is 3.38. The first-order valence-electron chi connectivity index (χ1n) is 4.59. The van der Waals surface area contributed by atoms with Gasteiger partial charge in [-0.15, -0.1) is 22.7 Å². The van der Waals surface area contributed by atoms with Crippen molar-refractivity contribution in [3.8, 4) is 0 Å². The van der Waals surface area contributed by atoms with E-state index in [-0.39, 0.29) is 4.21 Å². The zero-order chi connectivity index (χ0) is 12.6. The molecule has 0 aromatic carbocycles. The fourth-order valence-electron chi connectivity index (χ4n) is 1.12. The van der Waals surface area contributed by atoms with Gasteiger partial charge in [0.25, 0.3) is 10.0 Å². The van der Waals surface area contributed by atoms with Crippen LogP contribution in [0.4, 0.5) is 5.13 Å². The second kappa shape index (κ2) is 4.68. The SMILES string of the molecule is Cc1nc(NS(=O)(=O)c2cc(Br)cs2)sc1C. The number of anilines is 1. The second-order valence-electron chi connectivity index (χ2n) is 3.35. The summed E-state index contributed by atoms with van der Waals surface area (Å²) in [5, 5.41) is 2.14. The Balaban J connectivity index is 2.29. The smallest absolute Gasteiger partial charge is 0.254 e. The number of aromatic nitrogens is 1.